The molecule has 1 aliphatic rings. The Labute approximate surface area is 126 Å². The fraction of sp³-hybridized carbons (Fsp3) is 0.600. The molecular formula is C15H23NO4S. The van der Waals surface area contributed by atoms with Gasteiger partial charge >= 0.3 is 0 Å². The van der Waals surface area contributed by atoms with Gasteiger partial charge in [-0.2, -0.15) is 0 Å². The van der Waals surface area contributed by atoms with Crippen molar-refractivity contribution in [2.24, 2.45) is 0 Å². The predicted molar refractivity (Wildman–Crippen MR) is 81.6 cm³/mol. The molecule has 21 heavy (non-hydrogen) atoms. The van der Waals surface area contributed by atoms with Gasteiger partial charge in [0.15, 0.2) is 9.84 Å². The van der Waals surface area contributed by atoms with Gasteiger partial charge in [-0.15, -0.1) is 0 Å². The number of hydrogen-bond donors (Lipinski definition) is 2. The van der Waals surface area contributed by atoms with E-state index in [-0.39, 0.29) is 12.6 Å². The maximum atomic E-state index is 12.9. The molecule has 118 valence electrons. The second-order valence-corrected chi connectivity index (χ2v) is 7.62. The van der Waals surface area contributed by atoms with Crippen LogP contribution in [0.5, 0.6) is 5.75 Å². The van der Waals surface area contributed by atoms with Gasteiger partial charge in [0.1, 0.15) is 5.75 Å². The topological polar surface area (TPSA) is 75.6 Å². The first-order valence-electron chi connectivity index (χ1n) is 7.23. The summed E-state index contributed by atoms with van der Waals surface area (Å²) in [7, 11) is -3.44. The van der Waals surface area contributed by atoms with Crippen molar-refractivity contribution < 1.29 is 18.3 Å². The van der Waals surface area contributed by atoms with Crippen molar-refractivity contribution in [2.45, 2.75) is 43.4 Å². The van der Waals surface area contributed by atoms with Crippen LogP contribution < -0.4 is 10.1 Å². The summed E-state index contributed by atoms with van der Waals surface area (Å²) >= 11 is 0. The molecule has 1 unspecified atom stereocenters. The summed E-state index contributed by atoms with van der Waals surface area (Å²) in [5.74, 6) is 0.617. The van der Waals surface area contributed by atoms with Crippen LogP contribution >= 0.6 is 0 Å². The number of rotatable bonds is 5. The smallest absolute Gasteiger partial charge is 0.183 e. The van der Waals surface area contributed by atoms with E-state index in [1.54, 1.807) is 13.0 Å². The number of aryl methyl sites for hydroxylation is 1. The zero-order valence-corrected chi connectivity index (χ0v) is 13.5. The Morgan fingerprint density at radius 3 is 2.67 bits per heavy atom. The van der Waals surface area contributed by atoms with Gasteiger partial charge in [-0.25, -0.2) is 8.42 Å². The van der Waals surface area contributed by atoms with E-state index in [4.69, 9.17) is 9.84 Å². The fourth-order valence-corrected chi connectivity index (χ4v) is 5.06. The molecule has 1 aliphatic heterocycles. The van der Waals surface area contributed by atoms with E-state index in [1.807, 2.05) is 19.9 Å². The molecule has 1 aromatic rings. The summed E-state index contributed by atoms with van der Waals surface area (Å²) in [6, 6.07) is 3.47. The summed E-state index contributed by atoms with van der Waals surface area (Å²) in [5.41, 5.74) is 1.41. The van der Waals surface area contributed by atoms with Gasteiger partial charge in [0.05, 0.1) is 23.4 Å². The third-order valence-electron chi connectivity index (χ3n) is 3.98. The highest BCUT2D eigenvalue weighted by Crippen LogP contribution is 2.32. The van der Waals surface area contributed by atoms with E-state index in [0.717, 1.165) is 5.56 Å². The molecule has 1 heterocycles. The number of hydrogen-bond acceptors (Lipinski definition) is 5. The van der Waals surface area contributed by atoms with Crippen LogP contribution in [0.15, 0.2) is 17.0 Å². The molecule has 0 amide bonds. The summed E-state index contributed by atoms with van der Waals surface area (Å²) in [5, 5.41) is 11.7. The van der Waals surface area contributed by atoms with E-state index in [1.165, 1.54) is 0 Å². The second-order valence-electron chi connectivity index (χ2n) is 5.46. The zero-order chi connectivity index (χ0) is 15.6. The molecule has 2 rings (SSSR count). The maximum absolute atomic E-state index is 12.9. The van der Waals surface area contributed by atoms with Crippen molar-refractivity contribution >= 4 is 9.84 Å². The van der Waals surface area contributed by atoms with Gasteiger partial charge in [0.2, 0.25) is 0 Å². The molecule has 2 atom stereocenters. The molecule has 1 fully saturated rings. The standard InChI is InChI=1S/C15H23NO4S/c1-4-20-14-6-5-10(2)15(11(14)3)21(18,19)13-7-12(9-17)16-8-13/h5-6,12-13,16-17H,4,7-9H2,1-3H3/t12?,13-/m0/s1. The Morgan fingerprint density at radius 2 is 2.10 bits per heavy atom. The predicted octanol–water partition coefficient (Wildman–Crippen LogP) is 1.20. The monoisotopic (exact) mass is 313 g/mol. The molecule has 0 bridgehead atoms. The van der Waals surface area contributed by atoms with E-state index >= 15 is 0 Å². The summed E-state index contributed by atoms with van der Waals surface area (Å²) in [4.78, 5) is 0.374. The van der Waals surface area contributed by atoms with Gasteiger partial charge < -0.3 is 15.2 Å². The van der Waals surface area contributed by atoms with Crippen molar-refractivity contribution in [3.63, 3.8) is 0 Å². The third kappa shape index (κ3) is 3.07. The van der Waals surface area contributed by atoms with Crippen molar-refractivity contribution in [1.29, 1.82) is 0 Å². The number of benzene rings is 1. The Bertz CT molecular complexity index is 612. The molecule has 0 saturated carbocycles. The van der Waals surface area contributed by atoms with E-state index < -0.39 is 15.1 Å². The number of sulfone groups is 1. The highest BCUT2D eigenvalue weighted by molar-refractivity contribution is 7.92. The van der Waals surface area contributed by atoms with Crippen LogP contribution in [0, 0.1) is 13.8 Å². The zero-order valence-electron chi connectivity index (χ0n) is 12.7. The average Bonchev–Trinajstić information content (AvgIpc) is 2.91. The van der Waals surface area contributed by atoms with Crippen LogP contribution in [0.3, 0.4) is 0 Å². The Hall–Kier alpha value is -1.11. The van der Waals surface area contributed by atoms with Gasteiger partial charge in [-0.1, -0.05) is 6.07 Å². The van der Waals surface area contributed by atoms with Crippen LogP contribution in [0.1, 0.15) is 24.5 Å². The van der Waals surface area contributed by atoms with E-state index in [9.17, 15) is 8.42 Å². The molecule has 0 radical (unpaired) electrons. The molecule has 1 aromatic carbocycles. The molecule has 0 spiro atoms. The first-order chi connectivity index (χ1) is 9.91. The van der Waals surface area contributed by atoms with Crippen LogP contribution in [-0.4, -0.2) is 44.6 Å². The summed E-state index contributed by atoms with van der Waals surface area (Å²) < 4.78 is 31.3. The Morgan fingerprint density at radius 1 is 1.38 bits per heavy atom. The maximum Gasteiger partial charge on any atom is 0.183 e. The fourth-order valence-electron chi connectivity index (χ4n) is 2.88. The second kappa shape index (κ2) is 6.34. The molecule has 2 N–H and O–H groups in total. The normalized spacial score (nSPS) is 22.5. The molecular weight excluding hydrogens is 290 g/mol. The number of nitrogens with one attached hydrogen (secondary N) is 1. The van der Waals surface area contributed by atoms with Gasteiger partial charge in [0, 0.05) is 18.2 Å². The SMILES string of the molecule is CCOc1ccc(C)c(S(=O)(=O)[C@@H]2CNC(CO)C2)c1C. The van der Waals surface area contributed by atoms with Gasteiger partial charge in [-0.3, -0.25) is 0 Å². The van der Waals surface area contributed by atoms with Crippen LogP contribution in [-0.2, 0) is 9.84 Å². The first-order valence-corrected chi connectivity index (χ1v) is 8.77. The highest BCUT2D eigenvalue weighted by atomic mass is 32.2. The minimum absolute atomic E-state index is 0.0387. The van der Waals surface area contributed by atoms with Crippen molar-refractivity contribution in [3.05, 3.63) is 23.3 Å². The highest BCUT2D eigenvalue weighted by Gasteiger charge is 2.36. The molecule has 6 heteroatoms. The van der Waals surface area contributed by atoms with Crippen molar-refractivity contribution in [3.8, 4) is 5.75 Å². The molecule has 5 nitrogen and oxygen atoms in total. The lowest BCUT2D eigenvalue weighted by Gasteiger charge is -2.18. The molecule has 1 saturated heterocycles. The number of aliphatic hydroxyl groups excluding tert-OH is 1. The van der Waals surface area contributed by atoms with Crippen molar-refractivity contribution in [1.82, 2.24) is 5.32 Å². The lowest BCUT2D eigenvalue weighted by Crippen LogP contribution is -2.26. The quantitative estimate of drug-likeness (QED) is 0.854. The van der Waals surface area contributed by atoms with Crippen LogP contribution in [0.2, 0.25) is 0 Å². The first kappa shape index (κ1) is 16.3. The van der Waals surface area contributed by atoms with Crippen LogP contribution in [0.4, 0.5) is 0 Å². The minimum Gasteiger partial charge on any atom is -0.494 e. The molecule has 0 aliphatic carbocycles. The average molecular weight is 313 g/mol. The van der Waals surface area contributed by atoms with Crippen LogP contribution in [0.25, 0.3) is 0 Å². The van der Waals surface area contributed by atoms with Gasteiger partial charge in [0.25, 0.3) is 0 Å². The van der Waals surface area contributed by atoms with E-state index in [2.05, 4.69) is 5.32 Å². The van der Waals surface area contributed by atoms with E-state index in [0.29, 0.717) is 35.8 Å². The minimum atomic E-state index is -3.44. The number of aliphatic hydroxyl groups is 1. The summed E-state index contributed by atoms with van der Waals surface area (Å²) in [6.45, 7) is 6.31. The molecule has 0 aromatic heterocycles. The number of ether oxygens (including phenoxy) is 1. The lowest BCUT2D eigenvalue weighted by atomic mass is 10.1. The van der Waals surface area contributed by atoms with Crippen molar-refractivity contribution in [2.75, 3.05) is 19.8 Å². The Kier molecular flexibility index (Phi) is 4.91. The van der Waals surface area contributed by atoms with Gasteiger partial charge in [-0.05, 0) is 38.8 Å². The third-order valence-corrected chi connectivity index (χ3v) is 6.41. The largest absolute Gasteiger partial charge is 0.494 e. The summed E-state index contributed by atoms with van der Waals surface area (Å²) in [6.07, 6.45) is 0.441. The lowest BCUT2D eigenvalue weighted by molar-refractivity contribution is 0.255. The Balaban J connectivity index is 2.43.